The first-order valence-corrected chi connectivity index (χ1v) is 6.36. The maximum absolute atomic E-state index is 10.7. The van der Waals surface area contributed by atoms with Crippen LogP contribution >= 0.6 is 0 Å². The molecule has 0 saturated carbocycles. The minimum Gasteiger partial charge on any atom is -0.481 e. The molecule has 2 aromatic rings. The van der Waals surface area contributed by atoms with Crippen LogP contribution in [0.15, 0.2) is 24.5 Å². The third kappa shape index (κ3) is 2.84. The van der Waals surface area contributed by atoms with E-state index in [1.54, 1.807) is 0 Å². The Bertz CT molecular complexity index is 591. The smallest absolute Gasteiger partial charge is 0.307 e. The van der Waals surface area contributed by atoms with Crippen molar-refractivity contribution in [2.75, 3.05) is 0 Å². The molecule has 0 atom stereocenters. The molecule has 0 fully saturated rings. The fourth-order valence-corrected chi connectivity index (χ4v) is 2.54. The first-order chi connectivity index (χ1) is 8.99. The molecule has 0 aliphatic rings. The molecule has 19 heavy (non-hydrogen) atoms. The summed E-state index contributed by atoms with van der Waals surface area (Å²) in [5.74, 6) is 0.188. The average Bonchev–Trinajstić information content (AvgIpc) is 2.73. The van der Waals surface area contributed by atoms with Crippen LogP contribution in [0, 0.1) is 20.8 Å². The molecule has 0 amide bonds. The number of aryl methyl sites for hydroxylation is 4. The molecule has 1 heterocycles. The van der Waals surface area contributed by atoms with E-state index >= 15 is 0 Å². The maximum atomic E-state index is 10.7. The number of imidazole rings is 1. The van der Waals surface area contributed by atoms with Gasteiger partial charge in [0, 0.05) is 0 Å². The molecule has 0 unspecified atom stereocenters. The van der Waals surface area contributed by atoms with Crippen LogP contribution in [0.4, 0.5) is 0 Å². The second-order valence-electron chi connectivity index (χ2n) is 4.92. The van der Waals surface area contributed by atoms with Crippen LogP contribution in [-0.2, 0) is 11.3 Å². The van der Waals surface area contributed by atoms with Gasteiger partial charge in [-0.05, 0) is 31.9 Å². The van der Waals surface area contributed by atoms with E-state index in [4.69, 9.17) is 5.11 Å². The van der Waals surface area contributed by atoms with Crippen LogP contribution in [0.1, 0.15) is 23.1 Å². The standard InChI is InChI=1S/C15H18N2O2/c1-10-8-11(2)14(12(3)9-10)15-16-5-7-17(15)6-4-13(18)19/h5,7-9H,4,6H2,1-3H3,(H,18,19)/p+1. The van der Waals surface area contributed by atoms with Crippen LogP contribution in [0.25, 0.3) is 11.4 Å². The summed E-state index contributed by atoms with van der Waals surface area (Å²) in [5.41, 5.74) is 4.79. The minimum atomic E-state index is -0.781. The lowest BCUT2D eigenvalue weighted by Crippen LogP contribution is -2.35. The number of carboxylic acid groups (broad SMARTS) is 1. The van der Waals surface area contributed by atoms with Gasteiger partial charge in [-0.2, -0.15) is 0 Å². The lowest BCUT2D eigenvalue weighted by Gasteiger charge is -2.08. The van der Waals surface area contributed by atoms with Gasteiger partial charge in [0.15, 0.2) is 0 Å². The number of nitrogens with zero attached hydrogens (tertiary/aromatic N) is 1. The summed E-state index contributed by atoms with van der Waals surface area (Å²) in [7, 11) is 0. The molecule has 1 aromatic carbocycles. The molecule has 4 nitrogen and oxygen atoms in total. The Morgan fingerprint density at radius 2 is 1.89 bits per heavy atom. The number of aliphatic carboxylic acids is 1. The van der Waals surface area contributed by atoms with Crippen LogP contribution < -0.4 is 4.57 Å². The predicted molar refractivity (Wildman–Crippen MR) is 72.9 cm³/mol. The highest BCUT2D eigenvalue weighted by Crippen LogP contribution is 2.24. The summed E-state index contributed by atoms with van der Waals surface area (Å²) < 4.78 is 1.96. The van der Waals surface area contributed by atoms with Gasteiger partial charge in [-0.1, -0.05) is 17.7 Å². The molecule has 0 bridgehead atoms. The fraction of sp³-hybridized carbons (Fsp3) is 0.333. The van der Waals surface area contributed by atoms with E-state index in [-0.39, 0.29) is 6.42 Å². The quantitative estimate of drug-likeness (QED) is 0.828. The highest BCUT2D eigenvalue weighted by molar-refractivity contribution is 5.66. The van der Waals surface area contributed by atoms with Crippen molar-refractivity contribution < 1.29 is 14.5 Å². The van der Waals surface area contributed by atoms with Gasteiger partial charge in [-0.15, -0.1) is 0 Å². The number of benzene rings is 1. The van der Waals surface area contributed by atoms with E-state index in [0.717, 1.165) is 11.4 Å². The van der Waals surface area contributed by atoms with Crippen molar-refractivity contribution in [1.82, 2.24) is 4.98 Å². The van der Waals surface area contributed by atoms with Crippen molar-refractivity contribution in [3.05, 3.63) is 41.2 Å². The summed E-state index contributed by atoms with van der Waals surface area (Å²) in [4.78, 5) is 13.9. The molecule has 0 spiro atoms. The van der Waals surface area contributed by atoms with E-state index in [1.807, 2.05) is 17.0 Å². The van der Waals surface area contributed by atoms with Crippen molar-refractivity contribution in [1.29, 1.82) is 0 Å². The molecular weight excluding hydrogens is 240 g/mol. The van der Waals surface area contributed by atoms with Crippen molar-refractivity contribution in [2.24, 2.45) is 0 Å². The van der Waals surface area contributed by atoms with Gasteiger partial charge in [0.25, 0.3) is 5.82 Å². The predicted octanol–water partition coefficient (Wildman–Crippen LogP) is 2.37. The summed E-state index contributed by atoms with van der Waals surface area (Å²) in [6.07, 6.45) is 3.85. The first kappa shape index (κ1) is 13.3. The molecule has 2 rings (SSSR count). The van der Waals surface area contributed by atoms with Crippen LogP contribution in [0.3, 0.4) is 0 Å². The van der Waals surface area contributed by atoms with Gasteiger partial charge < -0.3 is 5.11 Å². The van der Waals surface area contributed by atoms with Crippen molar-refractivity contribution in [2.45, 2.75) is 33.7 Å². The zero-order chi connectivity index (χ0) is 14.0. The molecule has 0 aliphatic heterocycles. The number of aromatic amines is 1. The van der Waals surface area contributed by atoms with Crippen molar-refractivity contribution >= 4 is 5.97 Å². The number of aromatic nitrogens is 2. The van der Waals surface area contributed by atoms with Crippen LogP contribution in [0.5, 0.6) is 0 Å². The van der Waals surface area contributed by atoms with Crippen LogP contribution in [0.2, 0.25) is 0 Å². The van der Waals surface area contributed by atoms with Gasteiger partial charge in [0.2, 0.25) is 0 Å². The summed E-state index contributed by atoms with van der Waals surface area (Å²) >= 11 is 0. The number of rotatable bonds is 4. The zero-order valence-corrected chi connectivity index (χ0v) is 11.5. The molecule has 100 valence electrons. The lowest BCUT2D eigenvalue weighted by atomic mass is 9.99. The Morgan fingerprint density at radius 3 is 2.47 bits per heavy atom. The zero-order valence-electron chi connectivity index (χ0n) is 11.5. The number of H-pyrrole nitrogens is 1. The van der Waals surface area contributed by atoms with E-state index in [1.165, 1.54) is 16.7 Å². The summed E-state index contributed by atoms with van der Waals surface area (Å²) in [6, 6.07) is 4.29. The molecule has 0 saturated heterocycles. The summed E-state index contributed by atoms with van der Waals surface area (Å²) in [6.45, 7) is 6.72. The number of hydrogen-bond donors (Lipinski definition) is 2. The SMILES string of the molecule is Cc1cc(C)c(-c2[nH]cc[n+]2CCC(=O)O)c(C)c1. The number of nitrogens with one attached hydrogen (secondary N) is 1. The Hall–Kier alpha value is -2.10. The van der Waals surface area contributed by atoms with E-state index < -0.39 is 5.97 Å². The normalized spacial score (nSPS) is 10.7. The first-order valence-electron chi connectivity index (χ1n) is 6.36. The Balaban J connectivity index is 2.43. The fourth-order valence-electron chi connectivity index (χ4n) is 2.54. The molecule has 4 heteroatoms. The van der Waals surface area contributed by atoms with Crippen molar-refractivity contribution in [3.8, 4) is 11.4 Å². The number of hydrogen-bond acceptors (Lipinski definition) is 1. The van der Waals surface area contributed by atoms with Gasteiger partial charge in [-0.25, -0.2) is 9.55 Å². The van der Waals surface area contributed by atoms with Gasteiger partial charge in [-0.3, -0.25) is 4.79 Å². The largest absolute Gasteiger partial charge is 0.481 e. The molecular formula is C15H19N2O2+. The second-order valence-corrected chi connectivity index (χ2v) is 4.92. The van der Waals surface area contributed by atoms with Crippen LogP contribution in [-0.4, -0.2) is 16.1 Å². The number of carbonyl (C=O) groups is 1. The van der Waals surface area contributed by atoms with Crippen molar-refractivity contribution in [3.63, 3.8) is 0 Å². The number of carboxylic acids is 1. The third-order valence-corrected chi connectivity index (χ3v) is 3.24. The minimum absolute atomic E-state index is 0.124. The Morgan fingerprint density at radius 1 is 1.26 bits per heavy atom. The van der Waals surface area contributed by atoms with Gasteiger partial charge in [0.05, 0.1) is 12.0 Å². The second kappa shape index (κ2) is 5.26. The highest BCUT2D eigenvalue weighted by Gasteiger charge is 2.18. The monoisotopic (exact) mass is 259 g/mol. The Labute approximate surface area is 112 Å². The Kier molecular flexibility index (Phi) is 3.69. The molecule has 0 radical (unpaired) electrons. The molecule has 0 aliphatic carbocycles. The third-order valence-electron chi connectivity index (χ3n) is 3.24. The van der Waals surface area contributed by atoms with E-state index in [0.29, 0.717) is 6.54 Å². The van der Waals surface area contributed by atoms with Gasteiger partial charge >= 0.3 is 5.97 Å². The topological polar surface area (TPSA) is 57.0 Å². The molecule has 2 N–H and O–H groups in total. The molecule has 1 aromatic heterocycles. The average molecular weight is 259 g/mol. The summed E-state index contributed by atoms with van der Waals surface area (Å²) in [5, 5.41) is 8.80. The van der Waals surface area contributed by atoms with E-state index in [9.17, 15) is 4.79 Å². The lowest BCUT2D eigenvalue weighted by molar-refractivity contribution is -0.683. The maximum Gasteiger partial charge on any atom is 0.307 e. The van der Waals surface area contributed by atoms with E-state index in [2.05, 4.69) is 37.9 Å². The van der Waals surface area contributed by atoms with Gasteiger partial charge in [0.1, 0.15) is 18.9 Å². The highest BCUT2D eigenvalue weighted by atomic mass is 16.4.